The van der Waals surface area contributed by atoms with Gasteiger partial charge in [-0.2, -0.15) is 22.0 Å². The van der Waals surface area contributed by atoms with Crippen LogP contribution in [0.3, 0.4) is 0 Å². The summed E-state index contributed by atoms with van der Waals surface area (Å²) in [4.78, 5) is 13.0. The van der Waals surface area contributed by atoms with E-state index >= 15 is 0 Å². The van der Waals surface area contributed by atoms with Gasteiger partial charge >= 0.3 is 12.1 Å². The topological polar surface area (TPSA) is 32.3 Å². The van der Waals surface area contributed by atoms with Gasteiger partial charge in [0.25, 0.3) is 5.91 Å². The minimum atomic E-state index is -5.86. The minimum absolute atomic E-state index is 0.175. The van der Waals surface area contributed by atoms with Gasteiger partial charge in [0, 0.05) is 6.54 Å². The molecule has 1 saturated heterocycles. The maximum absolute atomic E-state index is 12.7. The Kier molecular flexibility index (Phi) is 4.44. The van der Waals surface area contributed by atoms with E-state index in [0.717, 1.165) is 13.1 Å². The van der Waals surface area contributed by atoms with Crippen LogP contribution < -0.4 is 5.32 Å². The van der Waals surface area contributed by atoms with Crippen LogP contribution in [0.25, 0.3) is 0 Å². The molecule has 1 fully saturated rings. The number of hydrogen-bond donors (Lipinski definition) is 1. The van der Waals surface area contributed by atoms with Crippen molar-refractivity contribution >= 4 is 5.91 Å². The van der Waals surface area contributed by atoms with Crippen LogP contribution in [0.1, 0.15) is 19.8 Å². The highest BCUT2D eigenvalue weighted by molar-refractivity contribution is 5.84. The van der Waals surface area contributed by atoms with Crippen LogP contribution in [0.5, 0.6) is 0 Å². The average Bonchev–Trinajstić information content (AvgIpc) is 2.29. The molecule has 0 aliphatic carbocycles. The van der Waals surface area contributed by atoms with Gasteiger partial charge in [0.15, 0.2) is 0 Å². The highest BCUT2D eigenvalue weighted by Crippen LogP contribution is 2.36. The first-order chi connectivity index (χ1) is 8.48. The van der Waals surface area contributed by atoms with E-state index in [1.807, 2.05) is 11.9 Å². The molecule has 1 heterocycles. The van der Waals surface area contributed by atoms with E-state index in [2.05, 4.69) is 0 Å². The standard InChI is InChI=1S/C11H17F5N2O/c1-9(3-5-18(2)6-4-9)7-17-8(19)10(12,13)11(14,15)16/h3-7H2,1-2H3,(H,17,19). The van der Waals surface area contributed by atoms with E-state index in [1.165, 1.54) is 0 Å². The lowest BCUT2D eigenvalue weighted by Gasteiger charge is -2.38. The number of nitrogens with zero attached hydrogens (tertiary/aromatic N) is 1. The molecule has 1 N–H and O–H groups in total. The number of halogens is 5. The molecular formula is C11H17F5N2O. The molecular weight excluding hydrogens is 271 g/mol. The number of likely N-dealkylation sites (tertiary alicyclic amines) is 1. The van der Waals surface area contributed by atoms with Crippen LogP contribution in [0, 0.1) is 5.41 Å². The van der Waals surface area contributed by atoms with Gasteiger partial charge in [-0.25, -0.2) is 0 Å². The van der Waals surface area contributed by atoms with Gasteiger partial charge in [-0.05, 0) is 38.4 Å². The predicted octanol–water partition coefficient (Wildman–Crippen LogP) is 2.03. The summed E-state index contributed by atoms with van der Waals surface area (Å²) in [5, 5.41) is 1.73. The second kappa shape index (κ2) is 5.22. The fourth-order valence-electron chi connectivity index (χ4n) is 1.87. The smallest absolute Gasteiger partial charge is 0.350 e. The lowest BCUT2D eigenvalue weighted by atomic mass is 9.80. The van der Waals surface area contributed by atoms with Crippen LogP contribution in [-0.2, 0) is 4.79 Å². The van der Waals surface area contributed by atoms with Crippen molar-refractivity contribution < 1.29 is 26.7 Å². The summed E-state index contributed by atoms with van der Waals surface area (Å²) in [7, 11) is 1.90. The second-order valence-corrected chi connectivity index (χ2v) is 5.37. The first-order valence-electron chi connectivity index (χ1n) is 5.89. The summed E-state index contributed by atoms with van der Waals surface area (Å²) >= 11 is 0. The van der Waals surface area contributed by atoms with Gasteiger partial charge < -0.3 is 10.2 Å². The predicted molar refractivity (Wildman–Crippen MR) is 58.8 cm³/mol. The van der Waals surface area contributed by atoms with Crippen molar-refractivity contribution in [3.8, 4) is 0 Å². The molecule has 0 spiro atoms. The van der Waals surface area contributed by atoms with Crippen LogP contribution in [0.15, 0.2) is 0 Å². The van der Waals surface area contributed by atoms with Crippen LogP contribution in [0.4, 0.5) is 22.0 Å². The Bertz CT molecular complexity index is 334. The summed E-state index contributed by atoms with van der Waals surface area (Å²) < 4.78 is 61.4. The van der Waals surface area contributed by atoms with Gasteiger partial charge in [0.1, 0.15) is 0 Å². The summed E-state index contributed by atoms with van der Waals surface area (Å²) in [5.41, 5.74) is -0.441. The monoisotopic (exact) mass is 288 g/mol. The molecule has 0 aromatic rings. The zero-order valence-corrected chi connectivity index (χ0v) is 10.8. The molecule has 1 aliphatic rings. The van der Waals surface area contributed by atoms with Crippen molar-refractivity contribution in [1.29, 1.82) is 0 Å². The molecule has 0 radical (unpaired) electrons. The molecule has 1 amide bonds. The van der Waals surface area contributed by atoms with Crippen LogP contribution in [0.2, 0.25) is 0 Å². The SMILES string of the molecule is CN1CCC(C)(CNC(=O)C(F)(F)C(F)(F)F)CC1. The second-order valence-electron chi connectivity index (χ2n) is 5.37. The molecule has 112 valence electrons. The molecule has 0 atom stereocenters. The number of carbonyl (C=O) groups excluding carboxylic acids is 1. The molecule has 3 nitrogen and oxygen atoms in total. The number of alkyl halides is 5. The Morgan fingerprint density at radius 1 is 1.21 bits per heavy atom. The maximum Gasteiger partial charge on any atom is 0.463 e. The normalized spacial score (nSPS) is 21.2. The number of amides is 1. The van der Waals surface area contributed by atoms with E-state index in [-0.39, 0.29) is 6.54 Å². The van der Waals surface area contributed by atoms with Crippen LogP contribution >= 0.6 is 0 Å². The number of hydrogen-bond acceptors (Lipinski definition) is 2. The summed E-state index contributed by atoms with van der Waals surface area (Å²) in [6.07, 6.45) is -4.58. The Morgan fingerprint density at radius 3 is 2.11 bits per heavy atom. The van der Waals surface area contributed by atoms with E-state index in [0.29, 0.717) is 12.8 Å². The first kappa shape index (κ1) is 16.1. The number of nitrogens with one attached hydrogen (secondary N) is 1. The highest BCUT2D eigenvalue weighted by atomic mass is 19.4. The Balaban J connectivity index is 2.55. The number of carbonyl (C=O) groups is 1. The van der Waals surface area contributed by atoms with Gasteiger partial charge in [0.05, 0.1) is 0 Å². The van der Waals surface area contributed by atoms with Gasteiger partial charge in [-0.3, -0.25) is 4.79 Å². The average molecular weight is 288 g/mol. The van der Waals surface area contributed by atoms with Crippen molar-refractivity contribution in [1.82, 2.24) is 10.2 Å². The number of rotatable bonds is 3. The van der Waals surface area contributed by atoms with Crippen molar-refractivity contribution in [3.05, 3.63) is 0 Å². The van der Waals surface area contributed by atoms with Crippen molar-refractivity contribution in [2.45, 2.75) is 31.9 Å². The quantitative estimate of drug-likeness (QED) is 0.806. The highest BCUT2D eigenvalue weighted by Gasteiger charge is 2.63. The summed E-state index contributed by atoms with van der Waals surface area (Å²) in [6, 6.07) is 0. The van der Waals surface area contributed by atoms with E-state index < -0.39 is 23.4 Å². The third-order valence-electron chi connectivity index (χ3n) is 3.51. The largest absolute Gasteiger partial charge is 0.463 e. The Labute approximate surface area is 108 Å². The molecule has 8 heteroatoms. The zero-order valence-electron chi connectivity index (χ0n) is 10.8. The molecule has 1 rings (SSSR count). The third kappa shape index (κ3) is 3.77. The van der Waals surface area contributed by atoms with E-state index in [1.54, 1.807) is 12.2 Å². The number of piperidine rings is 1. The molecule has 0 saturated carbocycles. The maximum atomic E-state index is 12.7. The molecule has 0 bridgehead atoms. The Hall–Kier alpha value is -0.920. The first-order valence-corrected chi connectivity index (χ1v) is 5.89. The summed E-state index contributed by atoms with van der Waals surface area (Å²) in [6.45, 7) is 3.04. The summed E-state index contributed by atoms with van der Waals surface area (Å²) in [5.74, 6) is -7.62. The fraction of sp³-hybridized carbons (Fsp3) is 0.909. The van der Waals surface area contributed by atoms with Crippen molar-refractivity contribution in [3.63, 3.8) is 0 Å². The van der Waals surface area contributed by atoms with Crippen molar-refractivity contribution in [2.75, 3.05) is 26.7 Å². The third-order valence-corrected chi connectivity index (χ3v) is 3.51. The van der Waals surface area contributed by atoms with Gasteiger partial charge in [-0.1, -0.05) is 6.92 Å². The van der Waals surface area contributed by atoms with Crippen LogP contribution in [-0.4, -0.2) is 49.6 Å². The molecule has 0 unspecified atom stereocenters. The Morgan fingerprint density at radius 2 is 1.68 bits per heavy atom. The molecule has 1 aliphatic heterocycles. The lowest BCUT2D eigenvalue weighted by molar-refractivity contribution is -0.269. The lowest BCUT2D eigenvalue weighted by Crippen LogP contribution is -2.53. The van der Waals surface area contributed by atoms with E-state index in [4.69, 9.17) is 0 Å². The minimum Gasteiger partial charge on any atom is -0.350 e. The van der Waals surface area contributed by atoms with E-state index in [9.17, 15) is 26.7 Å². The zero-order chi connectivity index (χ0) is 14.9. The molecule has 0 aromatic carbocycles. The van der Waals surface area contributed by atoms with Gasteiger partial charge in [-0.15, -0.1) is 0 Å². The fourth-order valence-corrected chi connectivity index (χ4v) is 1.87. The molecule has 19 heavy (non-hydrogen) atoms. The molecule has 0 aromatic heterocycles. The van der Waals surface area contributed by atoms with Gasteiger partial charge in [0.2, 0.25) is 0 Å². The van der Waals surface area contributed by atoms with Crippen molar-refractivity contribution in [2.24, 2.45) is 5.41 Å².